The van der Waals surface area contributed by atoms with Gasteiger partial charge in [0.05, 0.1) is 6.61 Å². The van der Waals surface area contributed by atoms with Crippen molar-refractivity contribution in [2.75, 3.05) is 6.61 Å². The Morgan fingerprint density at radius 2 is 2.15 bits per heavy atom. The van der Waals surface area contributed by atoms with E-state index in [9.17, 15) is 28.6 Å². The molecule has 8 nitrogen and oxygen atoms in total. The van der Waals surface area contributed by atoms with Gasteiger partial charge in [-0.05, 0) is 0 Å². The van der Waals surface area contributed by atoms with Gasteiger partial charge in [0.2, 0.25) is 0 Å². The summed E-state index contributed by atoms with van der Waals surface area (Å²) in [5.74, 6) is 0. The number of aromatic amines is 1. The number of rotatable bonds is 3. The Labute approximate surface area is 109 Å². The lowest BCUT2D eigenvalue weighted by Gasteiger charge is -2.30. The number of halogens is 2. The first-order valence-corrected chi connectivity index (χ1v) is 5.58. The minimum absolute atomic E-state index is 0.520. The van der Waals surface area contributed by atoms with Gasteiger partial charge >= 0.3 is 5.69 Å². The number of nitrogens with zero attached hydrogens (tertiary/aromatic N) is 1. The molecule has 0 aliphatic carbocycles. The zero-order valence-corrected chi connectivity index (χ0v) is 9.94. The van der Waals surface area contributed by atoms with Crippen LogP contribution in [-0.4, -0.2) is 55.7 Å². The Bertz CT molecular complexity index is 602. The van der Waals surface area contributed by atoms with E-state index in [-0.39, 0.29) is 0 Å². The third kappa shape index (κ3) is 2.06. The molecule has 20 heavy (non-hydrogen) atoms. The maximum absolute atomic E-state index is 13.1. The molecule has 4 atom stereocenters. The second-order valence-corrected chi connectivity index (χ2v) is 4.36. The zero-order chi connectivity index (χ0) is 15.1. The monoisotopic (exact) mass is 294 g/mol. The van der Waals surface area contributed by atoms with Crippen LogP contribution in [0.2, 0.25) is 0 Å². The lowest BCUT2D eigenvalue weighted by Crippen LogP contribution is -2.54. The van der Waals surface area contributed by atoms with Crippen molar-refractivity contribution in [3.63, 3.8) is 0 Å². The second-order valence-electron chi connectivity index (χ2n) is 4.36. The van der Waals surface area contributed by atoms with Gasteiger partial charge in [0, 0.05) is 12.3 Å². The van der Waals surface area contributed by atoms with Gasteiger partial charge in [-0.3, -0.25) is 14.3 Å². The number of aliphatic hydroxyl groups is 3. The first-order valence-electron chi connectivity index (χ1n) is 5.58. The lowest BCUT2D eigenvalue weighted by atomic mass is 9.94. The summed E-state index contributed by atoms with van der Waals surface area (Å²) in [6.07, 6.45) is -8.13. The normalized spacial score (nSPS) is 33.8. The van der Waals surface area contributed by atoms with Crippen LogP contribution in [0.3, 0.4) is 0 Å². The smallest absolute Gasteiger partial charge is 0.330 e. The molecule has 1 aromatic rings. The summed E-state index contributed by atoms with van der Waals surface area (Å²) in [7, 11) is 0. The Morgan fingerprint density at radius 3 is 2.65 bits per heavy atom. The lowest BCUT2D eigenvalue weighted by molar-refractivity contribution is -0.185. The topological polar surface area (TPSA) is 125 Å². The predicted molar refractivity (Wildman–Crippen MR) is 59.3 cm³/mol. The molecular weight excluding hydrogens is 282 g/mol. The molecule has 1 fully saturated rings. The molecule has 1 aliphatic heterocycles. The summed E-state index contributed by atoms with van der Waals surface area (Å²) >= 11 is 0. The number of H-pyrrole nitrogens is 1. The van der Waals surface area contributed by atoms with E-state index in [1.807, 2.05) is 4.98 Å². The molecule has 0 aromatic carbocycles. The van der Waals surface area contributed by atoms with Crippen LogP contribution in [0, 0.1) is 0 Å². The van der Waals surface area contributed by atoms with Crippen LogP contribution in [0.15, 0.2) is 21.9 Å². The standard InChI is InChI=1S/C10H12F2N2O6/c11-7(12)10(19)6(17)4(3-15)20-8(10)14-2-1-5(16)13-9(14)18/h1-2,4,6-8,15,17,19H,3H2,(H,13,16,18)/t4-,6-,8-,10-/m1/s1. The van der Waals surface area contributed by atoms with E-state index >= 15 is 0 Å². The van der Waals surface area contributed by atoms with Gasteiger partial charge in [0.1, 0.15) is 12.2 Å². The van der Waals surface area contributed by atoms with Crippen molar-refractivity contribution in [3.05, 3.63) is 33.1 Å². The number of nitrogens with one attached hydrogen (secondary N) is 1. The van der Waals surface area contributed by atoms with E-state index in [1.54, 1.807) is 0 Å². The van der Waals surface area contributed by atoms with Gasteiger partial charge in [-0.1, -0.05) is 0 Å². The molecule has 0 amide bonds. The summed E-state index contributed by atoms with van der Waals surface area (Å²) in [6.45, 7) is -0.829. The Balaban J connectivity index is 2.53. The SMILES string of the molecule is O=c1ccn([C@@H]2O[C@H](CO)[C@@H](O)[C@@]2(O)C(F)F)c(=O)[nH]1. The highest BCUT2D eigenvalue weighted by molar-refractivity contribution is 5.04. The fourth-order valence-corrected chi connectivity index (χ4v) is 2.07. The molecule has 0 unspecified atom stereocenters. The van der Waals surface area contributed by atoms with Crippen molar-refractivity contribution in [2.45, 2.75) is 30.5 Å². The van der Waals surface area contributed by atoms with E-state index in [2.05, 4.69) is 0 Å². The minimum Gasteiger partial charge on any atom is -0.394 e. The molecule has 112 valence electrons. The molecule has 10 heteroatoms. The number of hydrogen-bond donors (Lipinski definition) is 4. The highest BCUT2D eigenvalue weighted by atomic mass is 19.3. The zero-order valence-electron chi connectivity index (χ0n) is 9.94. The van der Waals surface area contributed by atoms with E-state index in [0.717, 1.165) is 12.3 Å². The highest BCUT2D eigenvalue weighted by Crippen LogP contribution is 2.41. The van der Waals surface area contributed by atoms with Crippen LogP contribution in [0.25, 0.3) is 0 Å². The summed E-state index contributed by atoms with van der Waals surface area (Å²) in [5, 5.41) is 28.6. The van der Waals surface area contributed by atoms with Crippen molar-refractivity contribution >= 4 is 0 Å². The molecule has 4 N–H and O–H groups in total. The van der Waals surface area contributed by atoms with Crippen molar-refractivity contribution in [3.8, 4) is 0 Å². The minimum atomic E-state index is -3.45. The summed E-state index contributed by atoms with van der Waals surface area (Å²) in [5.41, 5.74) is -4.94. The quantitative estimate of drug-likeness (QED) is 0.500. The number of aromatic nitrogens is 2. The molecule has 0 bridgehead atoms. The summed E-state index contributed by atoms with van der Waals surface area (Å²) in [4.78, 5) is 24.3. The molecule has 2 rings (SSSR count). The van der Waals surface area contributed by atoms with Gasteiger partial charge in [0.15, 0.2) is 11.8 Å². The van der Waals surface area contributed by atoms with Crippen molar-refractivity contribution in [1.82, 2.24) is 9.55 Å². The van der Waals surface area contributed by atoms with Crippen molar-refractivity contribution in [2.24, 2.45) is 0 Å². The van der Waals surface area contributed by atoms with Crippen molar-refractivity contribution < 1.29 is 28.8 Å². The molecular formula is C10H12F2N2O6. The number of aliphatic hydroxyl groups excluding tert-OH is 2. The van der Waals surface area contributed by atoms with Gasteiger partial charge in [0.25, 0.3) is 12.0 Å². The van der Waals surface area contributed by atoms with Crippen LogP contribution >= 0.6 is 0 Å². The van der Waals surface area contributed by atoms with Crippen LogP contribution < -0.4 is 11.2 Å². The highest BCUT2D eigenvalue weighted by Gasteiger charge is 2.62. The molecule has 1 saturated heterocycles. The van der Waals surface area contributed by atoms with E-state index in [4.69, 9.17) is 9.84 Å². The first kappa shape index (κ1) is 14.8. The third-order valence-corrected chi connectivity index (χ3v) is 3.16. The molecule has 0 spiro atoms. The average Bonchev–Trinajstić information content (AvgIpc) is 2.64. The molecule has 1 aliphatic rings. The number of ether oxygens (including phenoxy) is 1. The van der Waals surface area contributed by atoms with Gasteiger partial charge in [-0.15, -0.1) is 0 Å². The van der Waals surface area contributed by atoms with Crippen molar-refractivity contribution in [1.29, 1.82) is 0 Å². The second kappa shape index (κ2) is 5.05. The number of hydrogen-bond acceptors (Lipinski definition) is 6. The molecule has 0 saturated carbocycles. The third-order valence-electron chi connectivity index (χ3n) is 3.16. The van der Waals surface area contributed by atoms with Gasteiger partial charge < -0.3 is 20.1 Å². The summed E-state index contributed by atoms with van der Waals surface area (Å²) < 4.78 is 31.6. The fraction of sp³-hybridized carbons (Fsp3) is 0.600. The van der Waals surface area contributed by atoms with Crippen LogP contribution in [0.1, 0.15) is 6.23 Å². The van der Waals surface area contributed by atoms with Crippen LogP contribution in [0.4, 0.5) is 8.78 Å². The number of alkyl halides is 2. The largest absolute Gasteiger partial charge is 0.394 e. The van der Waals surface area contributed by atoms with E-state index in [0.29, 0.717) is 4.57 Å². The Hall–Kier alpha value is -1.62. The molecule has 2 heterocycles. The van der Waals surface area contributed by atoms with Gasteiger partial charge in [-0.2, -0.15) is 0 Å². The predicted octanol–water partition coefficient (Wildman–Crippen LogP) is -2.22. The fourth-order valence-electron chi connectivity index (χ4n) is 2.07. The Kier molecular flexibility index (Phi) is 3.73. The maximum atomic E-state index is 13.1. The molecule has 0 radical (unpaired) electrons. The molecule has 1 aromatic heterocycles. The summed E-state index contributed by atoms with van der Waals surface area (Å²) in [6, 6.07) is 0.870. The van der Waals surface area contributed by atoms with E-state index < -0.39 is 48.3 Å². The first-order chi connectivity index (χ1) is 9.32. The Morgan fingerprint density at radius 1 is 1.50 bits per heavy atom. The van der Waals surface area contributed by atoms with E-state index in [1.165, 1.54) is 0 Å². The average molecular weight is 294 g/mol. The maximum Gasteiger partial charge on any atom is 0.330 e. The van der Waals surface area contributed by atoms with Crippen LogP contribution in [-0.2, 0) is 4.74 Å². The van der Waals surface area contributed by atoms with Crippen LogP contribution in [0.5, 0.6) is 0 Å². The van der Waals surface area contributed by atoms with Gasteiger partial charge in [-0.25, -0.2) is 13.6 Å².